The molecule has 0 atom stereocenters. The van der Waals surface area contributed by atoms with E-state index in [4.69, 9.17) is 14.0 Å². The lowest BCUT2D eigenvalue weighted by Crippen LogP contribution is -2.46. The molecule has 2 saturated heterocycles. The van der Waals surface area contributed by atoms with Gasteiger partial charge in [0.15, 0.2) is 0 Å². The van der Waals surface area contributed by atoms with Crippen LogP contribution in [-0.2, 0) is 18.8 Å². The minimum atomic E-state index is -0.348. The summed E-state index contributed by atoms with van der Waals surface area (Å²) in [5, 5.41) is -0.220. The highest BCUT2D eigenvalue weighted by Gasteiger charge is 2.62. The third-order valence-corrected chi connectivity index (χ3v) is 5.89. The largest absolute Gasteiger partial charge is 0.466 e. The van der Waals surface area contributed by atoms with Crippen molar-refractivity contribution in [1.82, 2.24) is 0 Å². The number of carbonyl (C=O) groups is 1. The number of ether oxygens (including phenoxy) is 1. The second-order valence-corrected chi connectivity index (χ2v) is 7.41. The molecule has 2 fully saturated rings. The fourth-order valence-electron chi connectivity index (χ4n) is 2.28. The molecule has 19 heavy (non-hydrogen) atoms. The minimum Gasteiger partial charge on any atom is -0.466 e. The molecule has 2 heterocycles. The van der Waals surface area contributed by atoms with Crippen molar-refractivity contribution in [2.45, 2.75) is 57.6 Å². The summed E-state index contributed by atoms with van der Waals surface area (Å²) in [6, 6.07) is 0. The van der Waals surface area contributed by atoms with Gasteiger partial charge in [-0.25, -0.2) is 0 Å². The highest BCUT2D eigenvalue weighted by Crippen LogP contribution is 2.55. The molecule has 0 aromatic rings. The number of rotatable bonds is 4. The molecule has 0 aromatic carbocycles. The fraction of sp³-hybridized carbons (Fsp3) is 0.923. The number of hydrogen-bond acceptors (Lipinski definition) is 5. The van der Waals surface area contributed by atoms with Crippen molar-refractivity contribution >= 4 is 24.8 Å². The molecule has 0 radical (unpaired) electrons. The number of thioether (sulfide) groups is 1. The predicted octanol–water partition coefficient (Wildman–Crippen LogP) is 2.52. The second-order valence-electron chi connectivity index (χ2n) is 6.43. The summed E-state index contributed by atoms with van der Waals surface area (Å²) in [4.78, 5) is 11.8. The molecule has 0 aromatic heterocycles. The Morgan fingerprint density at radius 1 is 1.21 bits per heavy atom. The summed E-state index contributed by atoms with van der Waals surface area (Å²) >= 11 is 1.82. The third-order valence-electron chi connectivity index (χ3n) is 4.33. The predicted molar refractivity (Wildman–Crippen MR) is 77.4 cm³/mol. The lowest BCUT2D eigenvalue weighted by molar-refractivity contribution is -0.144. The molecule has 0 bridgehead atoms. The van der Waals surface area contributed by atoms with Gasteiger partial charge in [0, 0.05) is 5.31 Å². The van der Waals surface area contributed by atoms with Gasteiger partial charge in [0.05, 0.1) is 24.2 Å². The number of carbonyl (C=O) groups excluding carboxylic acids is 1. The second kappa shape index (κ2) is 4.97. The molecule has 4 nitrogen and oxygen atoms in total. The van der Waals surface area contributed by atoms with Crippen LogP contribution >= 0.6 is 11.8 Å². The Labute approximate surface area is 120 Å². The molecule has 2 rings (SSSR count). The van der Waals surface area contributed by atoms with Crippen molar-refractivity contribution in [3.8, 4) is 0 Å². The van der Waals surface area contributed by atoms with Gasteiger partial charge in [0.25, 0.3) is 0 Å². The smallest absolute Gasteiger partial charge is 0.466 e. The van der Waals surface area contributed by atoms with E-state index in [-0.39, 0.29) is 29.6 Å². The highest BCUT2D eigenvalue weighted by atomic mass is 32.2. The van der Waals surface area contributed by atoms with E-state index < -0.39 is 0 Å². The molecule has 0 unspecified atom stereocenters. The van der Waals surface area contributed by atoms with Crippen LogP contribution in [-0.4, -0.2) is 42.4 Å². The molecule has 2 aliphatic rings. The van der Waals surface area contributed by atoms with E-state index in [1.807, 2.05) is 46.4 Å². The molecule has 2 aliphatic heterocycles. The first kappa shape index (κ1) is 15.2. The Morgan fingerprint density at radius 3 is 2.11 bits per heavy atom. The monoisotopic (exact) mass is 286 g/mol. The van der Waals surface area contributed by atoms with Crippen LogP contribution in [0.2, 0.25) is 5.31 Å². The molecular weight excluding hydrogens is 263 g/mol. The quantitative estimate of drug-likeness (QED) is 0.587. The Bertz CT molecular complexity index is 350. The van der Waals surface area contributed by atoms with Crippen LogP contribution in [0.5, 0.6) is 0 Å². The van der Waals surface area contributed by atoms with E-state index in [1.165, 1.54) is 0 Å². The van der Waals surface area contributed by atoms with Gasteiger partial charge < -0.3 is 14.0 Å². The van der Waals surface area contributed by atoms with Crippen LogP contribution in [0.4, 0.5) is 0 Å². The summed E-state index contributed by atoms with van der Waals surface area (Å²) in [5.41, 5.74) is -0.695. The van der Waals surface area contributed by atoms with Gasteiger partial charge in [-0.15, -0.1) is 0 Å². The van der Waals surface area contributed by atoms with E-state index in [2.05, 4.69) is 0 Å². The van der Waals surface area contributed by atoms with Crippen molar-refractivity contribution in [3.05, 3.63) is 0 Å². The Balaban J connectivity index is 2.09. The van der Waals surface area contributed by atoms with Crippen molar-refractivity contribution in [2.75, 3.05) is 18.1 Å². The van der Waals surface area contributed by atoms with Gasteiger partial charge >= 0.3 is 13.1 Å². The van der Waals surface area contributed by atoms with Crippen LogP contribution in [0.25, 0.3) is 0 Å². The lowest BCUT2D eigenvalue weighted by Gasteiger charge is -2.41. The molecule has 0 aliphatic carbocycles. The van der Waals surface area contributed by atoms with Crippen molar-refractivity contribution in [1.29, 1.82) is 0 Å². The zero-order chi connectivity index (χ0) is 14.3. The molecule has 6 heteroatoms. The standard InChI is InChI=1S/C13H23BO4S/c1-6-16-10(15)7-13(8-19-9-13)14-17-11(2,3)12(4,5)18-14/h6-9H2,1-5H3. The summed E-state index contributed by atoms with van der Waals surface area (Å²) < 4.78 is 17.3. The van der Waals surface area contributed by atoms with Crippen molar-refractivity contribution in [3.63, 3.8) is 0 Å². The van der Waals surface area contributed by atoms with Crippen LogP contribution in [0.15, 0.2) is 0 Å². The van der Waals surface area contributed by atoms with E-state index in [1.54, 1.807) is 0 Å². The topological polar surface area (TPSA) is 44.8 Å². The molecule has 108 valence electrons. The first-order chi connectivity index (χ1) is 8.72. The van der Waals surface area contributed by atoms with E-state index in [0.717, 1.165) is 11.5 Å². The van der Waals surface area contributed by atoms with Crippen molar-refractivity contribution < 1.29 is 18.8 Å². The molecule has 0 saturated carbocycles. The van der Waals surface area contributed by atoms with Gasteiger partial charge in [-0.3, -0.25) is 4.79 Å². The van der Waals surface area contributed by atoms with Gasteiger partial charge in [-0.05, 0) is 46.1 Å². The van der Waals surface area contributed by atoms with Crippen LogP contribution in [0.1, 0.15) is 41.0 Å². The Hall–Kier alpha value is -0.195. The Kier molecular flexibility index (Phi) is 3.98. The maximum Gasteiger partial charge on any atom is 0.466 e. The van der Waals surface area contributed by atoms with E-state index in [9.17, 15) is 4.79 Å². The zero-order valence-electron chi connectivity index (χ0n) is 12.4. The first-order valence-electron chi connectivity index (χ1n) is 6.81. The average molecular weight is 286 g/mol. The highest BCUT2D eigenvalue weighted by molar-refractivity contribution is 8.01. The maximum atomic E-state index is 11.8. The van der Waals surface area contributed by atoms with Crippen LogP contribution < -0.4 is 0 Å². The first-order valence-corrected chi connectivity index (χ1v) is 7.97. The molecule has 0 N–H and O–H groups in total. The molecule has 0 amide bonds. The molecule has 0 spiro atoms. The maximum absolute atomic E-state index is 11.8. The number of esters is 1. The summed E-state index contributed by atoms with van der Waals surface area (Å²) in [7, 11) is -0.317. The van der Waals surface area contributed by atoms with Crippen LogP contribution in [0.3, 0.4) is 0 Å². The van der Waals surface area contributed by atoms with Crippen LogP contribution in [0, 0.1) is 0 Å². The summed E-state index contributed by atoms with van der Waals surface area (Å²) in [6.45, 7) is 10.4. The minimum absolute atomic E-state index is 0.155. The normalized spacial score (nSPS) is 26.9. The zero-order valence-corrected chi connectivity index (χ0v) is 13.3. The summed E-state index contributed by atoms with van der Waals surface area (Å²) in [5.74, 6) is 1.63. The number of hydrogen-bond donors (Lipinski definition) is 0. The van der Waals surface area contributed by atoms with E-state index in [0.29, 0.717) is 13.0 Å². The summed E-state index contributed by atoms with van der Waals surface area (Å²) in [6.07, 6.45) is 0.380. The fourth-order valence-corrected chi connectivity index (χ4v) is 3.48. The van der Waals surface area contributed by atoms with Gasteiger partial charge in [0.2, 0.25) is 0 Å². The van der Waals surface area contributed by atoms with Crippen molar-refractivity contribution in [2.24, 2.45) is 0 Å². The molecular formula is C13H23BO4S. The lowest BCUT2D eigenvalue weighted by atomic mass is 9.57. The third kappa shape index (κ3) is 2.67. The van der Waals surface area contributed by atoms with E-state index >= 15 is 0 Å². The SMILES string of the molecule is CCOC(=O)CC1(B2OC(C)(C)C(C)(C)O2)CSC1. The van der Waals surface area contributed by atoms with Gasteiger partial charge in [-0.2, -0.15) is 11.8 Å². The Morgan fingerprint density at radius 2 is 1.74 bits per heavy atom. The average Bonchev–Trinajstić information content (AvgIpc) is 2.42. The van der Waals surface area contributed by atoms with Gasteiger partial charge in [0.1, 0.15) is 0 Å². The van der Waals surface area contributed by atoms with Gasteiger partial charge in [-0.1, -0.05) is 0 Å².